The molecule has 0 saturated heterocycles. The molecular weight excluding hydrogens is 132 g/mol. The Kier molecular flexibility index (Phi) is 5.47. The quantitative estimate of drug-likeness (QED) is 0.355. The maximum Gasteiger partial charge on any atom is 0.397 e. The van der Waals surface area contributed by atoms with Crippen LogP contribution in [0.5, 0.6) is 0 Å². The van der Waals surface area contributed by atoms with Crippen LogP contribution >= 0.6 is 0 Å². The summed E-state index contributed by atoms with van der Waals surface area (Å²) in [5.41, 5.74) is 0. The summed E-state index contributed by atoms with van der Waals surface area (Å²) in [6.07, 6.45) is 0. The molecule has 0 rings (SSSR count). The summed E-state index contributed by atoms with van der Waals surface area (Å²) >= 11 is 0. The maximum absolute atomic E-state index is 9.33. The molecule has 0 radical (unpaired) electrons. The van der Waals surface area contributed by atoms with Crippen molar-refractivity contribution in [1.82, 2.24) is 0 Å². The number of hydrogen-bond acceptors (Lipinski definition) is 3. The van der Waals surface area contributed by atoms with Gasteiger partial charge in [-0.05, 0) is 0 Å². The Bertz CT molecular complexity index is 114. The van der Waals surface area contributed by atoms with Gasteiger partial charge in [0.15, 0.2) is 0 Å². The third kappa shape index (κ3) is 10.8. The van der Waals surface area contributed by atoms with Crippen molar-refractivity contribution in [2.45, 2.75) is 0 Å². The first-order valence-corrected chi connectivity index (χ1v) is 2.46. The van der Waals surface area contributed by atoms with Crippen molar-refractivity contribution < 1.29 is 17.2 Å². The molecule has 0 aliphatic rings. The van der Waals surface area contributed by atoms with Crippen molar-refractivity contribution in [3.63, 3.8) is 0 Å². The molecule has 0 aliphatic carbocycles. The van der Waals surface area contributed by atoms with Crippen LogP contribution in [0.15, 0.2) is 0 Å². The van der Waals surface area contributed by atoms with Crippen molar-refractivity contribution in [1.29, 1.82) is 0 Å². The van der Waals surface area contributed by atoms with Crippen LogP contribution in [0.1, 0.15) is 0 Å². The van der Waals surface area contributed by atoms with Gasteiger partial charge in [0.1, 0.15) is 0 Å². The zero-order chi connectivity index (χ0) is 5.21. The molecule has 0 unspecified atom stereocenters. The second-order valence-electron chi connectivity index (χ2n) is 0.594. The van der Waals surface area contributed by atoms with Crippen LogP contribution in [0.2, 0.25) is 0 Å². The predicted octanol–water partition coefficient (Wildman–Crippen LogP) is -1.48. The Hall–Kier alpha value is 0.636. The second kappa shape index (κ2) is 3.62. The molecule has 1 N–H and O–H groups in total. The van der Waals surface area contributed by atoms with E-state index < -0.39 is 10.4 Å². The van der Waals surface area contributed by atoms with Crippen molar-refractivity contribution in [2.24, 2.45) is 0 Å². The largest absolute Gasteiger partial charge is 0.397 e. The smallest absolute Gasteiger partial charge is 0.264 e. The lowest BCUT2D eigenvalue weighted by atomic mass is 11.8. The number of rotatable bonds is 1. The van der Waals surface area contributed by atoms with Gasteiger partial charge in [-0.25, -0.2) is 0 Å². The van der Waals surface area contributed by atoms with Gasteiger partial charge in [-0.3, -0.25) is 8.74 Å². The molecule has 0 aliphatic heterocycles. The fourth-order valence-electron chi connectivity index (χ4n) is 0. The Labute approximate surface area is 58.0 Å². The average Bonchev–Trinajstić information content (AvgIpc) is 1.35. The second-order valence-corrected chi connectivity index (χ2v) is 1.78. The zero-order valence-electron chi connectivity index (χ0n) is 3.08. The molecule has 6 heteroatoms. The van der Waals surface area contributed by atoms with E-state index >= 15 is 0 Å². The molecular formula is CH6MgO4S. The fourth-order valence-corrected chi connectivity index (χ4v) is 0. The average molecular weight is 138 g/mol. The standard InChI is InChI=1S/CH4O4S.Mg.2H/c1-5-6(2,3)4;;;/h1H3,(H,2,3,4);;;. The van der Waals surface area contributed by atoms with E-state index in [1.54, 1.807) is 0 Å². The highest BCUT2D eigenvalue weighted by Gasteiger charge is 1.93. The van der Waals surface area contributed by atoms with E-state index in [2.05, 4.69) is 4.18 Å². The first kappa shape index (κ1) is 10.6. The van der Waals surface area contributed by atoms with Gasteiger partial charge in [0.2, 0.25) is 0 Å². The van der Waals surface area contributed by atoms with E-state index in [0.717, 1.165) is 7.11 Å². The molecule has 0 bridgehead atoms. The summed E-state index contributed by atoms with van der Waals surface area (Å²) in [5.74, 6) is 0. The minimum atomic E-state index is -4.16. The van der Waals surface area contributed by atoms with Gasteiger partial charge in [0, 0.05) is 0 Å². The lowest BCUT2D eigenvalue weighted by molar-refractivity contribution is 0.324. The Morgan fingerprint density at radius 1 is 1.57 bits per heavy atom. The molecule has 0 aromatic carbocycles. The Morgan fingerprint density at radius 3 is 1.71 bits per heavy atom. The third-order valence-corrected chi connectivity index (χ3v) is 0.632. The summed E-state index contributed by atoms with van der Waals surface area (Å²) in [6.45, 7) is 0. The Balaban J connectivity index is 0. The molecule has 7 heavy (non-hydrogen) atoms. The van der Waals surface area contributed by atoms with Gasteiger partial charge < -0.3 is 0 Å². The highest BCUT2D eigenvalue weighted by Crippen LogP contribution is 1.74. The summed E-state index contributed by atoms with van der Waals surface area (Å²) in [5, 5.41) is 0. The molecule has 4 nitrogen and oxygen atoms in total. The normalized spacial score (nSPS) is 10.0. The van der Waals surface area contributed by atoms with E-state index in [4.69, 9.17) is 4.55 Å². The molecule has 0 aromatic rings. The fraction of sp³-hybridized carbons (Fsp3) is 1.00. The lowest BCUT2D eigenvalue weighted by Gasteiger charge is -1.82. The minimum Gasteiger partial charge on any atom is -0.264 e. The molecule has 0 spiro atoms. The van der Waals surface area contributed by atoms with E-state index in [1.165, 1.54) is 0 Å². The molecule has 0 saturated carbocycles. The topological polar surface area (TPSA) is 63.6 Å². The van der Waals surface area contributed by atoms with E-state index in [0.29, 0.717) is 0 Å². The van der Waals surface area contributed by atoms with E-state index in [9.17, 15) is 8.42 Å². The van der Waals surface area contributed by atoms with Crippen molar-refractivity contribution in [2.75, 3.05) is 7.11 Å². The molecule has 0 heterocycles. The summed E-state index contributed by atoms with van der Waals surface area (Å²) in [6, 6.07) is 0. The van der Waals surface area contributed by atoms with Crippen LogP contribution in [0.3, 0.4) is 0 Å². The van der Waals surface area contributed by atoms with Gasteiger partial charge in [0.25, 0.3) is 0 Å². The summed E-state index contributed by atoms with van der Waals surface area (Å²) in [4.78, 5) is 0. The van der Waals surface area contributed by atoms with Gasteiger partial charge in [0.05, 0.1) is 7.11 Å². The molecule has 0 amide bonds. The first-order chi connectivity index (χ1) is 2.56. The van der Waals surface area contributed by atoms with Gasteiger partial charge in [-0.15, -0.1) is 0 Å². The highest BCUT2D eigenvalue weighted by molar-refractivity contribution is 7.80. The van der Waals surface area contributed by atoms with Crippen molar-refractivity contribution in [3.05, 3.63) is 0 Å². The highest BCUT2D eigenvalue weighted by atomic mass is 32.3. The zero-order valence-corrected chi connectivity index (χ0v) is 3.90. The van der Waals surface area contributed by atoms with Crippen LogP contribution in [0.4, 0.5) is 0 Å². The lowest BCUT2D eigenvalue weighted by Crippen LogP contribution is -1.96. The van der Waals surface area contributed by atoms with E-state index in [-0.39, 0.29) is 23.1 Å². The first-order valence-electron chi connectivity index (χ1n) is 1.09. The number of hydrogen-bond donors (Lipinski definition) is 1. The van der Waals surface area contributed by atoms with Crippen LogP contribution in [0.25, 0.3) is 0 Å². The molecule has 0 aromatic heterocycles. The molecule has 42 valence electrons. The van der Waals surface area contributed by atoms with Crippen LogP contribution in [-0.2, 0) is 14.6 Å². The maximum atomic E-state index is 9.33. The predicted molar refractivity (Wildman–Crippen MR) is 27.1 cm³/mol. The minimum absolute atomic E-state index is 0. The van der Waals surface area contributed by atoms with Crippen molar-refractivity contribution >= 4 is 33.5 Å². The summed E-state index contributed by atoms with van der Waals surface area (Å²) in [7, 11) is -3.29. The third-order valence-electron chi connectivity index (χ3n) is 0.211. The van der Waals surface area contributed by atoms with Crippen molar-refractivity contribution in [3.8, 4) is 0 Å². The Morgan fingerprint density at radius 2 is 1.71 bits per heavy atom. The van der Waals surface area contributed by atoms with E-state index in [1.807, 2.05) is 0 Å². The van der Waals surface area contributed by atoms with Crippen LogP contribution < -0.4 is 0 Å². The van der Waals surface area contributed by atoms with Gasteiger partial charge in [-0.1, -0.05) is 0 Å². The summed E-state index contributed by atoms with van der Waals surface area (Å²) < 4.78 is 29.7. The molecule has 0 fully saturated rings. The van der Waals surface area contributed by atoms with Gasteiger partial charge >= 0.3 is 33.5 Å². The van der Waals surface area contributed by atoms with Gasteiger partial charge in [-0.2, -0.15) is 8.42 Å². The van der Waals surface area contributed by atoms with Crippen LogP contribution in [-0.4, -0.2) is 43.1 Å². The monoisotopic (exact) mass is 138 g/mol. The SMILES string of the molecule is COS(=O)(=O)O.[MgH2]. The molecule has 0 atom stereocenters. The van der Waals surface area contributed by atoms with Crippen LogP contribution in [0, 0.1) is 0 Å².